The van der Waals surface area contributed by atoms with Crippen LogP contribution in [0.1, 0.15) is 56.4 Å². The summed E-state index contributed by atoms with van der Waals surface area (Å²) in [4.78, 5) is 7.70. The molecule has 6 heteroatoms. The molecule has 0 saturated heterocycles. The number of imidazole rings is 1. The van der Waals surface area contributed by atoms with Crippen molar-refractivity contribution in [2.45, 2.75) is 66.1 Å². The lowest BCUT2D eigenvalue weighted by Crippen LogP contribution is -2.26. The van der Waals surface area contributed by atoms with Crippen molar-refractivity contribution in [1.29, 1.82) is 0 Å². The lowest BCUT2D eigenvalue weighted by atomic mass is 10.1. The third-order valence-corrected chi connectivity index (χ3v) is 7.41. The molecule has 1 aromatic heterocycles. The maximum atomic E-state index is 13.9. The molecule has 0 aliphatic heterocycles. The van der Waals surface area contributed by atoms with Crippen molar-refractivity contribution in [1.82, 2.24) is 14.5 Å². The molecule has 4 rings (SSSR count). The standard InChI is InChI=1S/C34H42FN3O2/c1-6-8-21-37(23-28-17-20-31(39-4)25(3)33(28)40-5)24-30-32(26-15-18-29(35)19-16-26)36-34(38(30)22-9-7-2)27-13-11-10-12-14-27/h10-20H,6-9,21-24H2,1-5H3. The molecule has 4 aromatic rings. The number of hydrogen-bond acceptors (Lipinski definition) is 4. The van der Waals surface area contributed by atoms with Crippen LogP contribution in [0.4, 0.5) is 4.39 Å². The molecule has 5 nitrogen and oxygen atoms in total. The van der Waals surface area contributed by atoms with Crippen molar-refractivity contribution in [3.05, 3.63) is 89.4 Å². The van der Waals surface area contributed by atoms with Crippen molar-refractivity contribution in [3.63, 3.8) is 0 Å². The van der Waals surface area contributed by atoms with Gasteiger partial charge in [0.25, 0.3) is 0 Å². The number of rotatable bonds is 14. The second-order valence-corrected chi connectivity index (χ2v) is 10.3. The first-order chi connectivity index (χ1) is 19.5. The summed E-state index contributed by atoms with van der Waals surface area (Å²) < 4.78 is 27.7. The van der Waals surface area contributed by atoms with E-state index in [2.05, 4.69) is 53.6 Å². The zero-order valence-electron chi connectivity index (χ0n) is 24.5. The van der Waals surface area contributed by atoms with Crippen LogP contribution in [0.2, 0.25) is 0 Å². The van der Waals surface area contributed by atoms with E-state index >= 15 is 0 Å². The van der Waals surface area contributed by atoms with Crippen molar-refractivity contribution in [2.75, 3.05) is 20.8 Å². The molecule has 0 aliphatic carbocycles. The van der Waals surface area contributed by atoms with Crippen LogP contribution in [-0.2, 0) is 19.6 Å². The maximum Gasteiger partial charge on any atom is 0.140 e. The van der Waals surface area contributed by atoms with Crippen LogP contribution < -0.4 is 9.47 Å². The Morgan fingerprint density at radius 1 is 0.825 bits per heavy atom. The first-order valence-electron chi connectivity index (χ1n) is 14.3. The molecule has 3 aromatic carbocycles. The number of halogens is 1. The molecule has 0 N–H and O–H groups in total. The Bertz CT molecular complexity index is 1370. The fourth-order valence-corrected chi connectivity index (χ4v) is 5.26. The number of hydrogen-bond donors (Lipinski definition) is 0. The van der Waals surface area contributed by atoms with Gasteiger partial charge in [-0.1, -0.05) is 63.1 Å². The Labute approximate surface area is 238 Å². The van der Waals surface area contributed by atoms with Gasteiger partial charge in [-0.2, -0.15) is 0 Å². The minimum Gasteiger partial charge on any atom is -0.496 e. The summed E-state index contributed by atoms with van der Waals surface area (Å²) in [6, 6.07) is 21.2. The molecule has 0 atom stereocenters. The van der Waals surface area contributed by atoms with Crippen LogP contribution in [0.15, 0.2) is 66.7 Å². The maximum absolute atomic E-state index is 13.9. The number of ether oxygens (including phenoxy) is 2. The number of benzene rings is 3. The molecule has 0 saturated carbocycles. The summed E-state index contributed by atoms with van der Waals surface area (Å²) in [7, 11) is 3.41. The highest BCUT2D eigenvalue weighted by Crippen LogP contribution is 2.34. The van der Waals surface area contributed by atoms with Gasteiger partial charge in [0.05, 0.1) is 25.6 Å². The van der Waals surface area contributed by atoms with Crippen LogP contribution in [0.5, 0.6) is 11.5 Å². The summed E-state index contributed by atoms with van der Waals surface area (Å²) >= 11 is 0. The topological polar surface area (TPSA) is 39.5 Å². The monoisotopic (exact) mass is 543 g/mol. The normalized spacial score (nSPS) is 11.3. The summed E-state index contributed by atoms with van der Waals surface area (Å²) in [5.74, 6) is 2.40. The zero-order valence-corrected chi connectivity index (χ0v) is 24.5. The molecular formula is C34H42FN3O2. The smallest absolute Gasteiger partial charge is 0.140 e. The van der Waals surface area contributed by atoms with Gasteiger partial charge in [-0.3, -0.25) is 4.90 Å². The van der Waals surface area contributed by atoms with Crippen molar-refractivity contribution in [3.8, 4) is 34.1 Å². The van der Waals surface area contributed by atoms with Crippen LogP contribution in [0, 0.1) is 12.7 Å². The molecule has 1 heterocycles. The van der Waals surface area contributed by atoms with E-state index in [-0.39, 0.29) is 5.82 Å². The van der Waals surface area contributed by atoms with Gasteiger partial charge in [-0.05, 0) is 56.6 Å². The summed E-state index contributed by atoms with van der Waals surface area (Å²) in [5.41, 5.74) is 6.21. The summed E-state index contributed by atoms with van der Waals surface area (Å²) in [6.07, 6.45) is 4.31. The molecule has 0 unspecified atom stereocenters. The van der Waals surface area contributed by atoms with E-state index in [0.717, 1.165) is 96.3 Å². The second-order valence-electron chi connectivity index (χ2n) is 10.3. The molecule has 40 heavy (non-hydrogen) atoms. The van der Waals surface area contributed by atoms with Gasteiger partial charge >= 0.3 is 0 Å². The number of aromatic nitrogens is 2. The third-order valence-electron chi connectivity index (χ3n) is 7.41. The highest BCUT2D eigenvalue weighted by Gasteiger charge is 2.23. The van der Waals surface area contributed by atoms with Gasteiger partial charge in [0, 0.05) is 41.9 Å². The summed E-state index contributed by atoms with van der Waals surface area (Å²) in [6.45, 7) is 9.73. The predicted octanol–water partition coefficient (Wildman–Crippen LogP) is 8.28. The number of nitrogens with zero attached hydrogens (tertiary/aromatic N) is 3. The molecule has 0 radical (unpaired) electrons. The van der Waals surface area contributed by atoms with E-state index in [1.807, 2.05) is 31.2 Å². The second kappa shape index (κ2) is 14.1. The van der Waals surface area contributed by atoms with E-state index < -0.39 is 0 Å². The minimum absolute atomic E-state index is 0.245. The Kier molecular flexibility index (Phi) is 10.4. The van der Waals surface area contributed by atoms with Crippen LogP contribution in [0.25, 0.3) is 22.6 Å². The van der Waals surface area contributed by atoms with E-state index in [0.29, 0.717) is 6.54 Å². The molecule has 212 valence electrons. The fraction of sp³-hybridized carbons (Fsp3) is 0.382. The molecule has 0 bridgehead atoms. The van der Waals surface area contributed by atoms with E-state index in [4.69, 9.17) is 14.5 Å². The SMILES string of the molecule is CCCCN(Cc1ccc(OC)c(C)c1OC)Cc1c(-c2ccc(F)cc2)nc(-c2ccccc2)n1CCCC. The molecule has 0 spiro atoms. The van der Waals surface area contributed by atoms with Gasteiger partial charge in [0.15, 0.2) is 0 Å². The van der Waals surface area contributed by atoms with Gasteiger partial charge in [0.1, 0.15) is 23.1 Å². The van der Waals surface area contributed by atoms with Gasteiger partial charge in [-0.15, -0.1) is 0 Å². The number of unbranched alkanes of at least 4 members (excludes halogenated alkanes) is 2. The lowest BCUT2D eigenvalue weighted by molar-refractivity contribution is 0.242. The highest BCUT2D eigenvalue weighted by atomic mass is 19.1. The Balaban J connectivity index is 1.82. The average Bonchev–Trinajstić information content (AvgIpc) is 3.33. The van der Waals surface area contributed by atoms with Crippen LogP contribution in [0.3, 0.4) is 0 Å². The fourth-order valence-electron chi connectivity index (χ4n) is 5.26. The van der Waals surface area contributed by atoms with Crippen molar-refractivity contribution >= 4 is 0 Å². The molecule has 0 fully saturated rings. The quantitative estimate of drug-likeness (QED) is 0.160. The van der Waals surface area contributed by atoms with Crippen molar-refractivity contribution < 1.29 is 13.9 Å². The molecular weight excluding hydrogens is 501 g/mol. The van der Waals surface area contributed by atoms with Crippen LogP contribution >= 0.6 is 0 Å². The molecule has 0 aliphatic rings. The zero-order chi connectivity index (χ0) is 28.5. The minimum atomic E-state index is -0.245. The highest BCUT2D eigenvalue weighted by molar-refractivity contribution is 5.68. The first-order valence-corrected chi connectivity index (χ1v) is 14.3. The van der Waals surface area contributed by atoms with Gasteiger partial charge < -0.3 is 14.0 Å². The number of methoxy groups -OCH3 is 2. The average molecular weight is 544 g/mol. The van der Waals surface area contributed by atoms with Gasteiger partial charge in [0.2, 0.25) is 0 Å². The molecule has 0 amide bonds. The largest absolute Gasteiger partial charge is 0.496 e. The first kappa shape index (κ1) is 29.3. The van der Waals surface area contributed by atoms with E-state index in [1.54, 1.807) is 14.2 Å². The van der Waals surface area contributed by atoms with E-state index in [9.17, 15) is 4.39 Å². The third kappa shape index (κ3) is 6.73. The Morgan fingerprint density at radius 3 is 2.20 bits per heavy atom. The van der Waals surface area contributed by atoms with E-state index in [1.165, 1.54) is 12.1 Å². The summed E-state index contributed by atoms with van der Waals surface area (Å²) in [5, 5.41) is 0. The Morgan fingerprint density at radius 2 is 1.55 bits per heavy atom. The van der Waals surface area contributed by atoms with Crippen molar-refractivity contribution in [2.24, 2.45) is 0 Å². The Hall–Kier alpha value is -3.64. The van der Waals surface area contributed by atoms with Gasteiger partial charge in [-0.25, -0.2) is 9.37 Å². The predicted molar refractivity (Wildman–Crippen MR) is 161 cm³/mol. The lowest BCUT2D eigenvalue weighted by Gasteiger charge is -2.26. The van der Waals surface area contributed by atoms with Crippen LogP contribution in [-0.4, -0.2) is 35.2 Å².